The van der Waals surface area contributed by atoms with E-state index in [0.29, 0.717) is 0 Å². The Morgan fingerprint density at radius 2 is 1.00 bits per heavy atom. The van der Waals surface area contributed by atoms with E-state index in [0.717, 1.165) is 33.9 Å². The van der Waals surface area contributed by atoms with Gasteiger partial charge in [0, 0.05) is 20.8 Å². The molecule has 0 aromatic heterocycles. The molecule has 0 rings (SSSR count). The van der Waals surface area contributed by atoms with Gasteiger partial charge in [0.05, 0.1) is 0 Å². The Labute approximate surface area is 119 Å². The van der Waals surface area contributed by atoms with E-state index in [9.17, 15) is 0 Å². The van der Waals surface area contributed by atoms with Gasteiger partial charge in [0.25, 0.3) is 17.9 Å². The van der Waals surface area contributed by atoms with Gasteiger partial charge in [-0.15, -0.1) is 0 Å². The molecule has 8 heteroatoms. The number of aliphatic hydroxyl groups is 1. The molecule has 0 aliphatic carbocycles. The fraction of sp³-hybridized carbons (Fsp3) is 0.750. The maximum absolute atomic E-state index is 9.00. The second-order valence-electron chi connectivity index (χ2n) is 3.41. The van der Waals surface area contributed by atoms with Crippen LogP contribution in [0.15, 0.2) is 0 Å². The highest BCUT2D eigenvalue weighted by Crippen LogP contribution is 1.91. The van der Waals surface area contributed by atoms with Crippen molar-refractivity contribution in [3.05, 3.63) is 0 Å². The van der Waals surface area contributed by atoms with Crippen molar-refractivity contribution in [2.45, 2.75) is 47.8 Å². The van der Waals surface area contributed by atoms with E-state index < -0.39 is 17.9 Å². The van der Waals surface area contributed by atoms with E-state index in [4.69, 9.17) is 34.8 Å². The molecule has 0 saturated heterocycles. The van der Waals surface area contributed by atoms with Gasteiger partial charge in [-0.05, 0) is 20.0 Å². The first-order chi connectivity index (χ1) is 8.91. The molecule has 0 aromatic carbocycles. The molecular formula is C12H27NO7. The van der Waals surface area contributed by atoms with Crippen LogP contribution in [-0.2, 0) is 14.4 Å². The lowest BCUT2D eigenvalue weighted by atomic mass is 10.5. The van der Waals surface area contributed by atoms with Gasteiger partial charge in [-0.1, -0.05) is 13.8 Å². The minimum atomic E-state index is -0.833. The number of hydrogen-bond acceptors (Lipinski definition) is 5. The second kappa shape index (κ2) is 19.7. The number of rotatable bonds is 3. The first-order valence-corrected chi connectivity index (χ1v) is 5.92. The van der Waals surface area contributed by atoms with Crippen molar-refractivity contribution in [2.75, 3.05) is 13.1 Å². The predicted octanol–water partition coefficient (Wildman–Crippen LogP) is 0.939. The van der Waals surface area contributed by atoms with Crippen LogP contribution in [0.25, 0.3) is 0 Å². The molecule has 4 N–H and O–H groups in total. The quantitative estimate of drug-likeness (QED) is 0.565. The van der Waals surface area contributed by atoms with Crippen LogP contribution < -0.4 is 0 Å². The smallest absolute Gasteiger partial charge is 0.300 e. The molecule has 0 radical (unpaired) electrons. The van der Waals surface area contributed by atoms with Gasteiger partial charge in [-0.2, -0.15) is 0 Å². The zero-order valence-corrected chi connectivity index (χ0v) is 13.0. The number of hydrogen-bond donors (Lipinski definition) is 4. The third-order valence-electron chi connectivity index (χ3n) is 1.34. The lowest BCUT2D eigenvalue weighted by Crippen LogP contribution is -2.32. The largest absolute Gasteiger partial charge is 0.481 e. The average Bonchev–Trinajstić information content (AvgIpc) is 2.15. The van der Waals surface area contributed by atoms with E-state index in [1.807, 2.05) is 18.7 Å². The second-order valence-corrected chi connectivity index (χ2v) is 3.41. The molecule has 122 valence electrons. The summed E-state index contributed by atoms with van der Waals surface area (Å²) >= 11 is 0. The summed E-state index contributed by atoms with van der Waals surface area (Å²) in [6.07, 6.45) is -0.287. The summed E-state index contributed by atoms with van der Waals surface area (Å²) in [5, 5.41) is 31.2. The van der Waals surface area contributed by atoms with Crippen LogP contribution in [0.4, 0.5) is 0 Å². The molecule has 0 aromatic rings. The minimum absolute atomic E-state index is 0.287. The molecular weight excluding hydrogens is 270 g/mol. The van der Waals surface area contributed by atoms with Gasteiger partial charge < -0.3 is 20.4 Å². The SMILES string of the molecule is CC(=O)O.CC(=O)O.CC(=O)O.CCN(CC)C(C)O. The van der Waals surface area contributed by atoms with Crippen LogP contribution in [0.5, 0.6) is 0 Å². The Kier molecular flexibility index (Phi) is 26.4. The van der Waals surface area contributed by atoms with Gasteiger partial charge in [0.15, 0.2) is 0 Å². The summed E-state index contributed by atoms with van der Waals surface area (Å²) in [6, 6.07) is 0. The zero-order chi connectivity index (χ0) is 17.3. The van der Waals surface area contributed by atoms with Gasteiger partial charge in [-0.25, -0.2) is 0 Å². The maximum atomic E-state index is 9.00. The molecule has 0 amide bonds. The number of aliphatic carboxylic acids is 3. The molecule has 0 saturated carbocycles. The highest BCUT2D eigenvalue weighted by atomic mass is 16.4. The van der Waals surface area contributed by atoms with Crippen LogP contribution in [0.3, 0.4) is 0 Å². The lowest BCUT2D eigenvalue weighted by molar-refractivity contribution is -0.135. The van der Waals surface area contributed by atoms with Gasteiger partial charge in [-0.3, -0.25) is 19.3 Å². The van der Waals surface area contributed by atoms with E-state index >= 15 is 0 Å². The number of carboxylic acids is 3. The molecule has 8 nitrogen and oxygen atoms in total. The summed E-state index contributed by atoms with van der Waals surface area (Å²) in [6.45, 7) is 11.0. The minimum Gasteiger partial charge on any atom is -0.481 e. The number of aliphatic hydroxyl groups excluding tert-OH is 1. The summed E-state index contributed by atoms with van der Waals surface area (Å²) < 4.78 is 0. The predicted molar refractivity (Wildman–Crippen MR) is 74.5 cm³/mol. The Balaban J connectivity index is -0.0000000917. The monoisotopic (exact) mass is 297 g/mol. The third kappa shape index (κ3) is 95.8. The molecule has 0 heterocycles. The molecule has 1 atom stereocenters. The van der Waals surface area contributed by atoms with Crippen LogP contribution in [-0.4, -0.2) is 62.6 Å². The van der Waals surface area contributed by atoms with E-state index in [-0.39, 0.29) is 6.23 Å². The molecule has 0 spiro atoms. The lowest BCUT2D eigenvalue weighted by Gasteiger charge is -2.20. The average molecular weight is 297 g/mol. The number of carbonyl (C=O) groups is 3. The maximum Gasteiger partial charge on any atom is 0.300 e. The zero-order valence-electron chi connectivity index (χ0n) is 13.0. The Morgan fingerprint density at radius 3 is 1.00 bits per heavy atom. The molecule has 0 aliphatic rings. The van der Waals surface area contributed by atoms with Crippen molar-refractivity contribution >= 4 is 17.9 Å². The standard InChI is InChI=1S/C6H15NO.3C2H4O2/c1-4-7(5-2)6(3)8;3*1-2(3)4/h6,8H,4-5H2,1-3H3;3*1H3,(H,3,4). The molecule has 0 aliphatic heterocycles. The number of nitrogens with zero attached hydrogens (tertiary/aromatic N) is 1. The Morgan fingerprint density at radius 1 is 0.850 bits per heavy atom. The molecule has 0 bridgehead atoms. The van der Waals surface area contributed by atoms with E-state index in [2.05, 4.69) is 0 Å². The highest BCUT2D eigenvalue weighted by molar-refractivity contribution is 5.63. The molecule has 1 unspecified atom stereocenters. The molecule has 20 heavy (non-hydrogen) atoms. The van der Waals surface area contributed by atoms with Crippen molar-refractivity contribution in [1.82, 2.24) is 4.90 Å². The normalized spacial score (nSPS) is 9.60. The third-order valence-corrected chi connectivity index (χ3v) is 1.34. The van der Waals surface area contributed by atoms with Gasteiger partial charge in [0.1, 0.15) is 6.23 Å². The van der Waals surface area contributed by atoms with Crippen molar-refractivity contribution in [3.8, 4) is 0 Å². The fourth-order valence-electron chi connectivity index (χ4n) is 0.752. The molecule has 0 fully saturated rings. The summed E-state index contributed by atoms with van der Waals surface area (Å²) in [4.78, 5) is 29.0. The van der Waals surface area contributed by atoms with Gasteiger partial charge in [0.2, 0.25) is 0 Å². The van der Waals surface area contributed by atoms with E-state index in [1.54, 1.807) is 6.92 Å². The van der Waals surface area contributed by atoms with Crippen molar-refractivity contribution in [3.63, 3.8) is 0 Å². The van der Waals surface area contributed by atoms with Gasteiger partial charge >= 0.3 is 0 Å². The van der Waals surface area contributed by atoms with Crippen LogP contribution in [0.1, 0.15) is 41.5 Å². The van der Waals surface area contributed by atoms with E-state index in [1.165, 1.54) is 0 Å². The number of carboxylic acid groups (broad SMARTS) is 3. The topological polar surface area (TPSA) is 135 Å². The first-order valence-electron chi connectivity index (χ1n) is 5.92. The Hall–Kier alpha value is -1.67. The van der Waals surface area contributed by atoms with Crippen molar-refractivity contribution in [1.29, 1.82) is 0 Å². The summed E-state index contributed by atoms with van der Waals surface area (Å²) in [5.74, 6) is -2.50. The Bertz CT molecular complexity index is 210. The van der Waals surface area contributed by atoms with Crippen molar-refractivity contribution in [2.24, 2.45) is 0 Å². The summed E-state index contributed by atoms with van der Waals surface area (Å²) in [7, 11) is 0. The fourth-order valence-corrected chi connectivity index (χ4v) is 0.752. The van der Waals surface area contributed by atoms with Crippen LogP contribution in [0, 0.1) is 0 Å². The summed E-state index contributed by atoms with van der Waals surface area (Å²) in [5.41, 5.74) is 0. The van der Waals surface area contributed by atoms with Crippen LogP contribution >= 0.6 is 0 Å². The van der Waals surface area contributed by atoms with Crippen LogP contribution in [0.2, 0.25) is 0 Å². The van der Waals surface area contributed by atoms with Crippen molar-refractivity contribution < 1.29 is 34.8 Å². The first kappa shape index (κ1) is 26.8. The highest BCUT2D eigenvalue weighted by Gasteiger charge is 2.02.